The number of carbonyl (C=O) groups is 2. The van der Waals surface area contributed by atoms with Gasteiger partial charge in [0.15, 0.2) is 11.6 Å². The van der Waals surface area contributed by atoms with Gasteiger partial charge in [-0.1, -0.05) is 74.0 Å². The highest BCUT2D eigenvalue weighted by molar-refractivity contribution is 6.04. The van der Waals surface area contributed by atoms with Crippen LogP contribution in [0.25, 0.3) is 0 Å². The summed E-state index contributed by atoms with van der Waals surface area (Å²) in [5.74, 6) is 0.394. The third-order valence-electron chi connectivity index (χ3n) is 13.3. The van der Waals surface area contributed by atoms with E-state index in [0.29, 0.717) is 5.78 Å². The van der Waals surface area contributed by atoms with Crippen LogP contribution in [-0.4, -0.2) is 11.6 Å². The summed E-state index contributed by atoms with van der Waals surface area (Å²) >= 11 is 0. The van der Waals surface area contributed by atoms with Crippen LogP contribution in [0.3, 0.4) is 0 Å². The fraction of sp³-hybridized carbons (Fsp3) is 0.788. The number of hydrogen-bond acceptors (Lipinski definition) is 3. The summed E-state index contributed by atoms with van der Waals surface area (Å²) in [6.45, 7) is 20.8. The van der Waals surface area contributed by atoms with E-state index in [2.05, 4.69) is 54.5 Å². The molecular weight excluding hydrogens is 442 g/mol. The molecule has 0 aromatic carbocycles. The molecule has 7 atom stereocenters. The number of fused-ring (bicyclic) bond motifs is 7. The summed E-state index contributed by atoms with van der Waals surface area (Å²) in [4.78, 5) is 27.7. The SMILES string of the molecule is CC[C@]12CCC(C)(C)C[C@@]1(C)[C@H]1C(=O)C=C3[C@@]4(C)C=C(C#N)C(=O)C(C)(C)C4CC[C@@]3(C)[C@]1(C)CC2. The second kappa shape index (κ2) is 7.24. The fourth-order valence-corrected chi connectivity index (χ4v) is 11.3. The van der Waals surface area contributed by atoms with E-state index in [9.17, 15) is 14.9 Å². The number of ketones is 2. The van der Waals surface area contributed by atoms with Crippen LogP contribution in [0.4, 0.5) is 0 Å². The van der Waals surface area contributed by atoms with Crippen LogP contribution in [-0.2, 0) is 9.59 Å². The third-order valence-corrected chi connectivity index (χ3v) is 13.3. The molecule has 0 saturated heterocycles. The van der Waals surface area contributed by atoms with Crippen LogP contribution >= 0.6 is 0 Å². The van der Waals surface area contributed by atoms with Crippen molar-refractivity contribution < 1.29 is 9.59 Å². The Morgan fingerprint density at radius 2 is 1.56 bits per heavy atom. The van der Waals surface area contributed by atoms with E-state index in [1.54, 1.807) is 0 Å². The first-order valence-corrected chi connectivity index (χ1v) is 14.4. The number of nitrogens with zero attached hydrogens (tertiary/aromatic N) is 1. The summed E-state index contributed by atoms with van der Waals surface area (Å²) in [6.07, 6.45) is 13.0. The lowest BCUT2D eigenvalue weighted by Crippen LogP contribution is -2.68. The Balaban J connectivity index is 1.73. The summed E-state index contributed by atoms with van der Waals surface area (Å²) in [7, 11) is 0. The molecule has 0 spiro atoms. The van der Waals surface area contributed by atoms with E-state index >= 15 is 0 Å². The number of allylic oxidation sites excluding steroid dienone is 4. The molecule has 0 aromatic heterocycles. The van der Waals surface area contributed by atoms with Gasteiger partial charge in [-0.25, -0.2) is 0 Å². The quantitative estimate of drug-likeness (QED) is 0.375. The number of hydrogen-bond donors (Lipinski definition) is 0. The molecule has 5 rings (SSSR count). The molecule has 0 bridgehead atoms. The molecule has 3 fully saturated rings. The van der Waals surface area contributed by atoms with Crippen molar-refractivity contribution in [3.63, 3.8) is 0 Å². The van der Waals surface area contributed by atoms with E-state index in [1.807, 2.05) is 26.0 Å². The number of Topliss-reactive ketones (excluding diaryl/α,β-unsaturated/α-hetero) is 1. The zero-order valence-electron chi connectivity index (χ0n) is 24.2. The molecule has 36 heavy (non-hydrogen) atoms. The van der Waals surface area contributed by atoms with E-state index in [1.165, 1.54) is 24.8 Å². The molecule has 0 aliphatic heterocycles. The zero-order chi connectivity index (χ0) is 26.7. The fourth-order valence-electron chi connectivity index (χ4n) is 11.3. The predicted octanol–water partition coefficient (Wildman–Crippen LogP) is 8.01. The highest BCUT2D eigenvalue weighted by Crippen LogP contribution is 2.77. The number of carbonyl (C=O) groups excluding carboxylic acids is 2. The highest BCUT2D eigenvalue weighted by Gasteiger charge is 2.72. The molecule has 3 heteroatoms. The van der Waals surface area contributed by atoms with Crippen molar-refractivity contribution in [2.24, 2.45) is 49.7 Å². The molecule has 5 aliphatic rings. The van der Waals surface area contributed by atoms with Crippen LogP contribution in [0.5, 0.6) is 0 Å². The van der Waals surface area contributed by atoms with Gasteiger partial charge in [0.1, 0.15) is 6.07 Å². The smallest absolute Gasteiger partial charge is 0.178 e. The van der Waals surface area contributed by atoms with Crippen molar-refractivity contribution in [1.29, 1.82) is 5.26 Å². The Kier molecular flexibility index (Phi) is 5.22. The van der Waals surface area contributed by atoms with Crippen LogP contribution in [0.15, 0.2) is 23.3 Å². The molecule has 196 valence electrons. The topological polar surface area (TPSA) is 57.9 Å². The second-order valence-electron chi connectivity index (χ2n) is 15.6. The molecule has 3 nitrogen and oxygen atoms in total. The Hall–Kier alpha value is -1.69. The molecule has 3 saturated carbocycles. The average molecular weight is 490 g/mol. The largest absolute Gasteiger partial charge is 0.295 e. The highest BCUT2D eigenvalue weighted by atomic mass is 16.1. The first-order valence-electron chi connectivity index (χ1n) is 14.4. The molecule has 0 amide bonds. The number of nitriles is 1. The Morgan fingerprint density at radius 1 is 0.917 bits per heavy atom. The Morgan fingerprint density at radius 3 is 2.17 bits per heavy atom. The monoisotopic (exact) mass is 489 g/mol. The van der Waals surface area contributed by atoms with Crippen molar-refractivity contribution in [2.45, 2.75) is 114 Å². The third kappa shape index (κ3) is 2.80. The molecular formula is C33H47NO2. The van der Waals surface area contributed by atoms with Gasteiger partial charge in [0.25, 0.3) is 0 Å². The van der Waals surface area contributed by atoms with E-state index < -0.39 is 10.8 Å². The van der Waals surface area contributed by atoms with Gasteiger partial charge in [0.2, 0.25) is 0 Å². The molecule has 5 aliphatic carbocycles. The van der Waals surface area contributed by atoms with Gasteiger partial charge in [-0.05, 0) is 90.4 Å². The summed E-state index contributed by atoms with van der Waals surface area (Å²) in [5, 5.41) is 9.89. The molecule has 0 N–H and O–H groups in total. The van der Waals surface area contributed by atoms with Crippen LogP contribution in [0.1, 0.15) is 114 Å². The van der Waals surface area contributed by atoms with Crippen molar-refractivity contribution in [2.75, 3.05) is 0 Å². The van der Waals surface area contributed by atoms with Gasteiger partial charge in [-0.15, -0.1) is 0 Å². The van der Waals surface area contributed by atoms with E-state index in [4.69, 9.17) is 0 Å². The summed E-state index contributed by atoms with van der Waals surface area (Å²) in [5.41, 5.74) is 0.614. The van der Waals surface area contributed by atoms with E-state index in [0.717, 1.165) is 32.1 Å². The van der Waals surface area contributed by atoms with Crippen LogP contribution in [0.2, 0.25) is 0 Å². The minimum Gasteiger partial charge on any atom is -0.295 e. The van der Waals surface area contributed by atoms with Gasteiger partial charge >= 0.3 is 0 Å². The van der Waals surface area contributed by atoms with Crippen molar-refractivity contribution in [1.82, 2.24) is 0 Å². The van der Waals surface area contributed by atoms with Gasteiger partial charge in [0.05, 0.1) is 5.57 Å². The average Bonchev–Trinajstić information content (AvgIpc) is 2.77. The summed E-state index contributed by atoms with van der Waals surface area (Å²) in [6, 6.07) is 2.22. The first kappa shape index (κ1) is 25.9. The Bertz CT molecular complexity index is 1150. The molecule has 0 heterocycles. The lowest BCUT2D eigenvalue weighted by Gasteiger charge is -2.72. The Labute approximate surface area is 219 Å². The molecule has 1 unspecified atom stereocenters. The van der Waals surface area contributed by atoms with Gasteiger partial charge in [0, 0.05) is 16.7 Å². The van der Waals surface area contributed by atoms with Gasteiger partial charge in [-0.3, -0.25) is 9.59 Å². The molecule has 0 radical (unpaired) electrons. The lowest BCUT2D eigenvalue weighted by molar-refractivity contribution is -0.207. The zero-order valence-corrected chi connectivity index (χ0v) is 24.2. The van der Waals surface area contributed by atoms with Crippen molar-refractivity contribution in [3.05, 3.63) is 23.3 Å². The van der Waals surface area contributed by atoms with E-state index in [-0.39, 0.29) is 50.3 Å². The van der Waals surface area contributed by atoms with Crippen LogP contribution in [0, 0.1) is 61.1 Å². The standard InChI is InChI=1S/C33H47NO2/c1-10-33-15-13-27(2,3)20-32(33,9)25-22(35)17-24-29(6)18-21(19-34)26(36)28(4,5)23(29)11-12-30(24,7)31(25,8)14-16-33/h17-18,23,25H,10-16,20H2,1-9H3/t23?,25-,29-,30+,31+,32-,33+/m0/s1. The molecule has 0 aromatic rings. The van der Waals surface area contributed by atoms with Gasteiger partial charge in [-0.2, -0.15) is 5.26 Å². The van der Waals surface area contributed by atoms with Crippen LogP contribution < -0.4 is 0 Å². The van der Waals surface area contributed by atoms with Gasteiger partial charge < -0.3 is 0 Å². The van der Waals surface area contributed by atoms with Crippen molar-refractivity contribution in [3.8, 4) is 6.07 Å². The predicted molar refractivity (Wildman–Crippen MR) is 144 cm³/mol. The summed E-state index contributed by atoms with van der Waals surface area (Å²) < 4.78 is 0. The normalized spacial score (nSPS) is 48.9. The maximum Gasteiger partial charge on any atom is 0.178 e. The maximum atomic E-state index is 14.5. The number of rotatable bonds is 1. The maximum absolute atomic E-state index is 14.5. The minimum atomic E-state index is -0.610. The van der Waals surface area contributed by atoms with Crippen molar-refractivity contribution >= 4 is 11.6 Å². The lowest BCUT2D eigenvalue weighted by atomic mass is 9.31. The minimum absolute atomic E-state index is 0.0184. The first-order chi connectivity index (χ1) is 16.5. The second-order valence-corrected chi connectivity index (χ2v) is 15.6.